The molecule has 0 bridgehead atoms. The number of aromatic amines is 1. The largest absolute Gasteiger partial charge is 0.372 e. The van der Waals surface area contributed by atoms with Crippen molar-refractivity contribution in [1.29, 1.82) is 0 Å². The van der Waals surface area contributed by atoms with Gasteiger partial charge in [0.2, 0.25) is 0 Å². The van der Waals surface area contributed by atoms with Crippen molar-refractivity contribution >= 4 is 11.6 Å². The van der Waals surface area contributed by atoms with Gasteiger partial charge >= 0.3 is 5.92 Å². The number of benzene rings is 1. The highest BCUT2D eigenvalue weighted by atomic mass is 35.5. The molecule has 0 spiro atoms. The fraction of sp³-hybridized carbons (Fsp3) is 0.444. The smallest absolute Gasteiger partial charge is 0.311 e. The molecule has 2 aromatic heterocycles. The van der Waals surface area contributed by atoms with Crippen LogP contribution in [-0.4, -0.2) is 37.7 Å². The van der Waals surface area contributed by atoms with Crippen molar-refractivity contribution in [2.24, 2.45) is 0 Å². The van der Waals surface area contributed by atoms with Gasteiger partial charge in [0.25, 0.3) is 5.56 Å². The Morgan fingerprint density at radius 3 is 2.69 bits per heavy atom. The summed E-state index contributed by atoms with van der Waals surface area (Å²) in [5.74, 6) is -2.64. The molecule has 0 radical (unpaired) electrons. The van der Waals surface area contributed by atoms with E-state index in [9.17, 15) is 9.90 Å². The van der Waals surface area contributed by atoms with E-state index in [1.807, 2.05) is 12.4 Å². The summed E-state index contributed by atoms with van der Waals surface area (Å²) < 4.78 is 30.3. The van der Waals surface area contributed by atoms with Gasteiger partial charge in [0, 0.05) is 36.1 Å². The lowest BCUT2D eigenvalue weighted by Gasteiger charge is -2.32. The molecular formula is C27H29ClF2N4O2. The van der Waals surface area contributed by atoms with Gasteiger partial charge in [0.05, 0.1) is 16.7 Å². The molecule has 1 fully saturated rings. The number of hydrogen-bond acceptors (Lipinski definition) is 5. The summed E-state index contributed by atoms with van der Waals surface area (Å²) in [5.41, 5.74) is 1.99. The lowest BCUT2D eigenvalue weighted by molar-refractivity contribution is -0.184. The minimum absolute atomic E-state index is 0.118. The molecule has 5 rings (SSSR count). The van der Waals surface area contributed by atoms with Crippen LogP contribution in [0.5, 0.6) is 0 Å². The number of nitrogens with one attached hydrogen (secondary N) is 1. The summed E-state index contributed by atoms with van der Waals surface area (Å²) in [6.07, 6.45) is 4.25. The number of nitrogens with zero attached hydrogens (tertiary/aromatic N) is 3. The van der Waals surface area contributed by atoms with E-state index in [-0.39, 0.29) is 34.6 Å². The Labute approximate surface area is 213 Å². The van der Waals surface area contributed by atoms with E-state index >= 15 is 8.78 Å². The molecule has 2 N–H and O–H groups in total. The molecule has 1 atom stereocenters. The maximum Gasteiger partial charge on any atom is 0.311 e. The number of aliphatic hydroxyl groups excluding tert-OH is 1. The quantitative estimate of drug-likeness (QED) is 0.490. The van der Waals surface area contributed by atoms with Gasteiger partial charge in [-0.05, 0) is 54.9 Å². The molecule has 9 heteroatoms. The molecule has 36 heavy (non-hydrogen) atoms. The monoisotopic (exact) mass is 514 g/mol. The molecule has 1 aliphatic heterocycles. The van der Waals surface area contributed by atoms with Gasteiger partial charge in [-0.3, -0.25) is 14.7 Å². The van der Waals surface area contributed by atoms with Crippen LogP contribution in [0.2, 0.25) is 5.02 Å². The standard InChI is InChI=1S/C27H29ClF2N4O2/c1-16(2)17-11-19(14-31-13-17)26(8-9-26)24-32-22-7-4-10-34(15-21(22)23(35)33-24)25(36)27(29,30)18-5-3-6-20(28)12-18/h3,5-6,11-14,16,25,36H,4,7-10,15H2,1-2H3,(H,32,33,35). The Morgan fingerprint density at radius 1 is 1.22 bits per heavy atom. The third kappa shape index (κ3) is 4.46. The zero-order valence-corrected chi connectivity index (χ0v) is 21.0. The van der Waals surface area contributed by atoms with Crippen LogP contribution in [0.25, 0.3) is 0 Å². The van der Waals surface area contributed by atoms with E-state index in [0.29, 0.717) is 35.8 Å². The summed E-state index contributed by atoms with van der Waals surface area (Å²) in [6.45, 7) is 4.30. The van der Waals surface area contributed by atoms with Crippen molar-refractivity contribution < 1.29 is 13.9 Å². The van der Waals surface area contributed by atoms with E-state index < -0.39 is 12.2 Å². The number of rotatable bonds is 6. The van der Waals surface area contributed by atoms with Crippen LogP contribution in [0, 0.1) is 0 Å². The summed E-state index contributed by atoms with van der Waals surface area (Å²) in [5, 5.41) is 10.9. The number of pyridine rings is 1. The lowest BCUT2D eigenvalue weighted by atomic mass is 9.93. The van der Waals surface area contributed by atoms with Crippen molar-refractivity contribution in [3.05, 3.63) is 91.9 Å². The molecule has 6 nitrogen and oxygen atoms in total. The fourth-order valence-corrected chi connectivity index (χ4v) is 5.17. The van der Waals surface area contributed by atoms with E-state index in [4.69, 9.17) is 16.6 Å². The molecule has 0 amide bonds. The van der Waals surface area contributed by atoms with Crippen molar-refractivity contribution in [1.82, 2.24) is 19.9 Å². The number of hydrogen-bond donors (Lipinski definition) is 2. The molecule has 1 unspecified atom stereocenters. The van der Waals surface area contributed by atoms with Gasteiger partial charge in [-0.15, -0.1) is 0 Å². The Morgan fingerprint density at radius 2 is 2.00 bits per heavy atom. The molecule has 1 aliphatic carbocycles. The number of aliphatic hydroxyl groups is 1. The Hall–Kier alpha value is -2.68. The van der Waals surface area contributed by atoms with Gasteiger partial charge in [-0.2, -0.15) is 8.78 Å². The molecule has 190 valence electrons. The first-order valence-corrected chi connectivity index (χ1v) is 12.6. The van der Waals surface area contributed by atoms with E-state index in [2.05, 4.69) is 29.9 Å². The first-order valence-electron chi connectivity index (χ1n) is 12.3. The van der Waals surface area contributed by atoms with Gasteiger partial charge < -0.3 is 10.1 Å². The average molecular weight is 515 g/mol. The minimum Gasteiger partial charge on any atom is -0.372 e. The van der Waals surface area contributed by atoms with Crippen LogP contribution in [0.15, 0.2) is 47.5 Å². The Kier molecular flexibility index (Phi) is 6.47. The highest BCUT2D eigenvalue weighted by Crippen LogP contribution is 2.52. The highest BCUT2D eigenvalue weighted by molar-refractivity contribution is 6.30. The molecule has 3 aromatic rings. The second-order valence-electron chi connectivity index (χ2n) is 10.2. The maximum absolute atomic E-state index is 15.2. The summed E-state index contributed by atoms with van der Waals surface area (Å²) in [6, 6.07) is 7.44. The number of halogens is 3. The zero-order valence-electron chi connectivity index (χ0n) is 20.3. The maximum atomic E-state index is 15.2. The molecule has 3 heterocycles. The average Bonchev–Trinajstić information content (AvgIpc) is 3.68. The second-order valence-corrected chi connectivity index (χ2v) is 10.6. The van der Waals surface area contributed by atoms with Crippen LogP contribution in [0.4, 0.5) is 8.78 Å². The van der Waals surface area contributed by atoms with Gasteiger partial charge in [0.1, 0.15) is 5.82 Å². The second kappa shape index (κ2) is 9.32. The van der Waals surface area contributed by atoms with Crippen LogP contribution in [0.1, 0.15) is 72.8 Å². The summed E-state index contributed by atoms with van der Waals surface area (Å²) >= 11 is 5.89. The predicted molar refractivity (Wildman–Crippen MR) is 133 cm³/mol. The van der Waals surface area contributed by atoms with Crippen molar-refractivity contribution in [3.63, 3.8) is 0 Å². The Balaban J connectivity index is 1.45. The number of fused-ring (bicyclic) bond motifs is 1. The van der Waals surface area contributed by atoms with Crippen molar-refractivity contribution in [2.75, 3.05) is 6.54 Å². The first-order chi connectivity index (χ1) is 17.1. The minimum atomic E-state index is -3.57. The summed E-state index contributed by atoms with van der Waals surface area (Å²) in [7, 11) is 0. The third-order valence-electron chi connectivity index (χ3n) is 7.38. The number of aromatic nitrogens is 3. The SMILES string of the molecule is CC(C)c1cncc(C2(c3nc4c(c(=O)[nH]3)CN(C(O)C(F)(F)c3cccc(Cl)c3)CCC4)CC2)c1. The van der Waals surface area contributed by atoms with Crippen LogP contribution >= 0.6 is 11.6 Å². The zero-order chi connectivity index (χ0) is 25.7. The summed E-state index contributed by atoms with van der Waals surface area (Å²) in [4.78, 5) is 26.7. The van der Waals surface area contributed by atoms with Gasteiger partial charge in [-0.1, -0.05) is 43.6 Å². The fourth-order valence-electron chi connectivity index (χ4n) is 4.98. The number of aryl methyl sites for hydroxylation is 1. The molecule has 1 saturated carbocycles. The molecular weight excluding hydrogens is 486 g/mol. The van der Waals surface area contributed by atoms with E-state index in [1.165, 1.54) is 23.1 Å². The number of alkyl halides is 2. The topological polar surface area (TPSA) is 82.1 Å². The van der Waals surface area contributed by atoms with Crippen molar-refractivity contribution in [3.8, 4) is 0 Å². The van der Waals surface area contributed by atoms with E-state index in [0.717, 1.165) is 30.0 Å². The van der Waals surface area contributed by atoms with E-state index in [1.54, 1.807) is 0 Å². The molecule has 0 saturated heterocycles. The Bertz CT molecular complexity index is 1340. The normalized spacial score (nSPS) is 18.5. The van der Waals surface area contributed by atoms with Crippen LogP contribution in [0.3, 0.4) is 0 Å². The lowest BCUT2D eigenvalue weighted by Crippen LogP contribution is -2.46. The van der Waals surface area contributed by atoms with Crippen LogP contribution in [-0.2, 0) is 24.3 Å². The number of H-pyrrole nitrogens is 1. The van der Waals surface area contributed by atoms with Gasteiger partial charge in [-0.25, -0.2) is 4.98 Å². The first kappa shape index (κ1) is 25.0. The van der Waals surface area contributed by atoms with Gasteiger partial charge in [0.15, 0.2) is 6.23 Å². The molecule has 1 aromatic carbocycles. The predicted octanol–water partition coefficient (Wildman–Crippen LogP) is 4.88. The molecule has 2 aliphatic rings. The van der Waals surface area contributed by atoms with Crippen molar-refractivity contribution in [2.45, 2.75) is 69.6 Å². The third-order valence-corrected chi connectivity index (χ3v) is 7.62. The van der Waals surface area contributed by atoms with Crippen LogP contribution < -0.4 is 5.56 Å². The highest BCUT2D eigenvalue weighted by Gasteiger charge is 2.49.